The molecule has 0 N–H and O–H groups in total. The molecule has 8 heteroatoms. The Morgan fingerprint density at radius 1 is 1.04 bits per heavy atom. The lowest BCUT2D eigenvalue weighted by molar-refractivity contribution is 0.355. The molecular weight excluding hydrogens is 369 g/mol. The number of rotatable bonds is 4. The van der Waals surface area contributed by atoms with Gasteiger partial charge in [-0.1, -0.05) is 23.5 Å². The fraction of sp³-hybridized carbons (Fsp3) is 0.105. The molecule has 2 aromatic carbocycles. The summed E-state index contributed by atoms with van der Waals surface area (Å²) in [5.74, 6) is 1.22. The zero-order valence-electron chi connectivity index (χ0n) is 14.5. The zero-order chi connectivity index (χ0) is 19.0. The lowest BCUT2D eigenvalue weighted by atomic mass is 10.2. The first kappa shape index (κ1) is 17.2. The summed E-state index contributed by atoms with van der Waals surface area (Å²) in [5, 5.41) is 8.25. The summed E-state index contributed by atoms with van der Waals surface area (Å²) in [6, 6.07) is 11.2. The van der Waals surface area contributed by atoms with E-state index in [1.54, 1.807) is 50.6 Å². The quantitative estimate of drug-likeness (QED) is 0.542. The average molecular weight is 383 g/mol. The minimum atomic E-state index is -0.324. The Bertz CT molecular complexity index is 1230. The van der Waals surface area contributed by atoms with Gasteiger partial charge in [-0.25, -0.2) is 8.79 Å². The van der Waals surface area contributed by atoms with Crippen molar-refractivity contribution in [2.24, 2.45) is 0 Å². The molecule has 27 heavy (non-hydrogen) atoms. The summed E-state index contributed by atoms with van der Waals surface area (Å²) < 4.78 is 25.6. The van der Waals surface area contributed by atoms with Crippen molar-refractivity contribution in [1.82, 2.24) is 14.6 Å². The topological polar surface area (TPSA) is 65.7 Å². The molecule has 6 nitrogen and oxygen atoms in total. The largest absolute Gasteiger partial charge is 0.493 e. The number of halogens is 1. The Balaban J connectivity index is 1.86. The highest BCUT2D eigenvalue weighted by molar-refractivity contribution is 7.15. The standard InChI is InChI=1S/C19H14FN3O3S/c1-25-14-8-5-12(10-15(14)26-2)17-21-22-19-23(17)18(24)16(27-19)9-11-3-6-13(20)7-4-11/h3-10H,1-2H3/b16-9-. The first-order valence-electron chi connectivity index (χ1n) is 7.98. The highest BCUT2D eigenvalue weighted by Crippen LogP contribution is 2.31. The molecule has 0 bridgehead atoms. The van der Waals surface area contributed by atoms with E-state index in [0.717, 1.165) is 5.56 Å². The molecule has 4 rings (SSSR count). The Hall–Kier alpha value is -3.26. The Labute approximate surface area is 157 Å². The van der Waals surface area contributed by atoms with Crippen LogP contribution in [0.2, 0.25) is 0 Å². The summed E-state index contributed by atoms with van der Waals surface area (Å²) in [6.45, 7) is 0. The van der Waals surface area contributed by atoms with Crippen LogP contribution in [-0.4, -0.2) is 28.8 Å². The van der Waals surface area contributed by atoms with Crippen LogP contribution in [-0.2, 0) is 0 Å². The highest BCUT2D eigenvalue weighted by atomic mass is 32.1. The third-order valence-corrected chi connectivity index (χ3v) is 5.02. The molecule has 0 amide bonds. The first-order chi connectivity index (χ1) is 13.1. The predicted octanol–water partition coefficient (Wildman–Crippen LogP) is 2.52. The second-order valence-corrected chi connectivity index (χ2v) is 6.69. The molecule has 0 radical (unpaired) electrons. The SMILES string of the molecule is COc1ccc(-c2nnc3s/c(=C\c4ccc(F)cc4)c(=O)n23)cc1OC. The number of nitrogens with zero attached hydrogens (tertiary/aromatic N) is 3. The average Bonchev–Trinajstić information content (AvgIpc) is 3.23. The lowest BCUT2D eigenvalue weighted by Crippen LogP contribution is -2.23. The molecule has 0 aliphatic rings. The molecule has 0 aliphatic carbocycles. The van der Waals surface area contributed by atoms with Gasteiger partial charge in [0.1, 0.15) is 5.82 Å². The van der Waals surface area contributed by atoms with Crippen molar-refractivity contribution in [2.45, 2.75) is 0 Å². The molecule has 0 saturated carbocycles. The van der Waals surface area contributed by atoms with Crippen LogP contribution in [0.5, 0.6) is 11.5 Å². The van der Waals surface area contributed by atoms with Gasteiger partial charge in [0.05, 0.1) is 18.8 Å². The molecule has 0 atom stereocenters. The minimum Gasteiger partial charge on any atom is -0.493 e. The maximum Gasteiger partial charge on any atom is 0.276 e. The van der Waals surface area contributed by atoms with Crippen LogP contribution < -0.4 is 19.6 Å². The van der Waals surface area contributed by atoms with Gasteiger partial charge in [0.2, 0.25) is 4.96 Å². The van der Waals surface area contributed by atoms with Crippen LogP contribution >= 0.6 is 11.3 Å². The van der Waals surface area contributed by atoms with Gasteiger partial charge in [-0.2, -0.15) is 0 Å². The van der Waals surface area contributed by atoms with E-state index in [4.69, 9.17) is 9.47 Å². The normalized spacial score (nSPS) is 11.9. The van der Waals surface area contributed by atoms with E-state index in [9.17, 15) is 9.18 Å². The number of aromatic nitrogens is 3. The van der Waals surface area contributed by atoms with Crippen molar-refractivity contribution >= 4 is 22.4 Å². The fourth-order valence-corrected chi connectivity index (χ4v) is 3.65. The summed E-state index contributed by atoms with van der Waals surface area (Å²) >= 11 is 1.23. The van der Waals surface area contributed by atoms with E-state index in [-0.39, 0.29) is 11.4 Å². The number of fused-ring (bicyclic) bond motifs is 1. The maximum absolute atomic E-state index is 13.1. The molecule has 2 heterocycles. The molecule has 0 spiro atoms. The minimum absolute atomic E-state index is 0.228. The maximum atomic E-state index is 13.1. The molecule has 0 aliphatic heterocycles. The zero-order valence-corrected chi connectivity index (χ0v) is 15.3. The smallest absolute Gasteiger partial charge is 0.276 e. The summed E-state index contributed by atoms with van der Waals surface area (Å²) in [5.41, 5.74) is 1.19. The number of benzene rings is 2. The van der Waals surface area contributed by atoms with Crippen molar-refractivity contribution in [3.63, 3.8) is 0 Å². The van der Waals surface area contributed by atoms with Crippen molar-refractivity contribution in [1.29, 1.82) is 0 Å². The van der Waals surface area contributed by atoms with Gasteiger partial charge in [0.15, 0.2) is 17.3 Å². The van der Waals surface area contributed by atoms with Crippen molar-refractivity contribution in [3.05, 3.63) is 68.7 Å². The molecule has 0 saturated heterocycles. The van der Waals surface area contributed by atoms with Gasteiger partial charge in [-0.3, -0.25) is 4.79 Å². The molecule has 2 aromatic heterocycles. The number of thiazole rings is 1. The van der Waals surface area contributed by atoms with E-state index in [1.807, 2.05) is 0 Å². The van der Waals surface area contributed by atoms with Crippen LogP contribution in [0.15, 0.2) is 47.3 Å². The molecule has 4 aromatic rings. The second kappa shape index (κ2) is 6.81. The number of hydrogen-bond acceptors (Lipinski definition) is 6. The van der Waals surface area contributed by atoms with Crippen molar-refractivity contribution in [3.8, 4) is 22.9 Å². The van der Waals surface area contributed by atoms with Gasteiger partial charge in [-0.15, -0.1) is 10.2 Å². The van der Waals surface area contributed by atoms with Crippen LogP contribution in [0.25, 0.3) is 22.4 Å². The van der Waals surface area contributed by atoms with Crippen LogP contribution in [0, 0.1) is 5.82 Å². The highest BCUT2D eigenvalue weighted by Gasteiger charge is 2.16. The summed E-state index contributed by atoms with van der Waals surface area (Å²) in [4.78, 5) is 13.3. The number of methoxy groups -OCH3 is 2. The third kappa shape index (κ3) is 3.04. The molecule has 0 unspecified atom stereocenters. The Morgan fingerprint density at radius 2 is 1.78 bits per heavy atom. The summed E-state index contributed by atoms with van der Waals surface area (Å²) in [7, 11) is 3.10. The lowest BCUT2D eigenvalue weighted by Gasteiger charge is -2.08. The van der Waals surface area contributed by atoms with Crippen molar-refractivity contribution < 1.29 is 13.9 Å². The first-order valence-corrected chi connectivity index (χ1v) is 8.80. The van der Waals surface area contributed by atoms with Gasteiger partial charge in [0, 0.05) is 5.56 Å². The van der Waals surface area contributed by atoms with E-state index in [1.165, 1.54) is 27.9 Å². The van der Waals surface area contributed by atoms with Crippen LogP contribution in [0.1, 0.15) is 5.56 Å². The number of hydrogen-bond donors (Lipinski definition) is 0. The van der Waals surface area contributed by atoms with Gasteiger partial charge in [-0.05, 0) is 42.0 Å². The van der Waals surface area contributed by atoms with Gasteiger partial charge in [0.25, 0.3) is 5.56 Å². The molecule has 0 fully saturated rings. The van der Waals surface area contributed by atoms with E-state index in [2.05, 4.69) is 10.2 Å². The monoisotopic (exact) mass is 383 g/mol. The molecule has 136 valence electrons. The van der Waals surface area contributed by atoms with E-state index in [0.29, 0.717) is 32.4 Å². The van der Waals surface area contributed by atoms with Gasteiger partial charge < -0.3 is 9.47 Å². The van der Waals surface area contributed by atoms with Crippen molar-refractivity contribution in [2.75, 3.05) is 14.2 Å². The summed E-state index contributed by atoms with van der Waals surface area (Å²) in [6.07, 6.45) is 1.71. The predicted molar refractivity (Wildman–Crippen MR) is 101 cm³/mol. The fourth-order valence-electron chi connectivity index (χ4n) is 2.74. The Kier molecular flexibility index (Phi) is 4.33. The van der Waals surface area contributed by atoms with Crippen LogP contribution in [0.4, 0.5) is 4.39 Å². The van der Waals surface area contributed by atoms with Gasteiger partial charge >= 0.3 is 0 Å². The van der Waals surface area contributed by atoms with Crippen LogP contribution in [0.3, 0.4) is 0 Å². The second-order valence-electron chi connectivity index (χ2n) is 5.68. The van der Waals surface area contributed by atoms with E-state index < -0.39 is 0 Å². The Morgan fingerprint density at radius 3 is 2.48 bits per heavy atom. The molecular formula is C19H14FN3O3S. The number of ether oxygens (including phenoxy) is 2. The van der Waals surface area contributed by atoms with E-state index >= 15 is 0 Å². The third-order valence-electron chi connectivity index (χ3n) is 4.06.